The van der Waals surface area contributed by atoms with Gasteiger partial charge in [-0.05, 0) is 37.5 Å². The molecule has 1 aromatic rings. The highest BCUT2D eigenvalue weighted by atomic mass is 35.5. The topological polar surface area (TPSA) is 81.4 Å². The summed E-state index contributed by atoms with van der Waals surface area (Å²) in [5.74, 6) is -0.481. The van der Waals surface area contributed by atoms with Gasteiger partial charge in [0.05, 0.1) is 12.7 Å². The van der Waals surface area contributed by atoms with Crippen LogP contribution in [0.25, 0.3) is 0 Å². The van der Waals surface area contributed by atoms with Crippen molar-refractivity contribution in [3.8, 4) is 0 Å². The fourth-order valence-electron chi connectivity index (χ4n) is 2.34. The Kier molecular flexibility index (Phi) is 5.98. The second-order valence-corrected chi connectivity index (χ2v) is 4.83. The lowest BCUT2D eigenvalue weighted by Gasteiger charge is -2.11. The minimum absolute atomic E-state index is 0. The standard InChI is InChI=1S/C14H18N2O3.ClH/c1-19-14(18)10-3-2-4-12(8-10)16-13(17)9-5-6-11(15)7-9;/h2-4,8-9,11H,5-7,15H2,1H3,(H,16,17);1H. The van der Waals surface area contributed by atoms with Gasteiger partial charge >= 0.3 is 5.97 Å². The van der Waals surface area contributed by atoms with Crippen molar-refractivity contribution in [1.82, 2.24) is 0 Å². The smallest absolute Gasteiger partial charge is 0.337 e. The van der Waals surface area contributed by atoms with Crippen LogP contribution in [0.5, 0.6) is 0 Å². The highest BCUT2D eigenvalue weighted by Gasteiger charge is 2.27. The maximum Gasteiger partial charge on any atom is 0.337 e. The van der Waals surface area contributed by atoms with E-state index in [1.807, 2.05) is 0 Å². The van der Waals surface area contributed by atoms with E-state index >= 15 is 0 Å². The molecular formula is C14H19ClN2O3. The summed E-state index contributed by atoms with van der Waals surface area (Å²) in [4.78, 5) is 23.4. The number of hydrogen-bond acceptors (Lipinski definition) is 4. The van der Waals surface area contributed by atoms with Crippen molar-refractivity contribution in [1.29, 1.82) is 0 Å². The van der Waals surface area contributed by atoms with E-state index in [0.29, 0.717) is 11.3 Å². The van der Waals surface area contributed by atoms with E-state index < -0.39 is 5.97 Å². The number of amides is 1. The molecule has 1 saturated carbocycles. The molecule has 2 atom stereocenters. The summed E-state index contributed by atoms with van der Waals surface area (Å²) in [5, 5.41) is 2.82. The Hall–Kier alpha value is -1.59. The van der Waals surface area contributed by atoms with Crippen LogP contribution in [-0.4, -0.2) is 25.0 Å². The van der Waals surface area contributed by atoms with Gasteiger partial charge in [0.1, 0.15) is 0 Å². The Labute approximate surface area is 124 Å². The van der Waals surface area contributed by atoms with Crippen molar-refractivity contribution in [3.63, 3.8) is 0 Å². The highest BCUT2D eigenvalue weighted by molar-refractivity contribution is 5.95. The molecule has 1 aliphatic carbocycles. The largest absolute Gasteiger partial charge is 0.465 e. The van der Waals surface area contributed by atoms with E-state index in [9.17, 15) is 9.59 Å². The third-order valence-corrected chi connectivity index (χ3v) is 3.40. The molecular weight excluding hydrogens is 280 g/mol. The van der Waals surface area contributed by atoms with Gasteiger partial charge in [0, 0.05) is 17.6 Å². The molecule has 110 valence electrons. The number of esters is 1. The van der Waals surface area contributed by atoms with Crippen LogP contribution in [0.15, 0.2) is 24.3 Å². The van der Waals surface area contributed by atoms with Crippen LogP contribution in [0.4, 0.5) is 5.69 Å². The van der Waals surface area contributed by atoms with Crippen LogP contribution in [0, 0.1) is 5.92 Å². The first kappa shape index (κ1) is 16.5. The summed E-state index contributed by atoms with van der Waals surface area (Å²) >= 11 is 0. The number of methoxy groups -OCH3 is 1. The van der Waals surface area contributed by atoms with Crippen molar-refractivity contribution in [3.05, 3.63) is 29.8 Å². The second kappa shape index (κ2) is 7.26. The predicted molar refractivity (Wildman–Crippen MR) is 79.0 cm³/mol. The van der Waals surface area contributed by atoms with E-state index in [4.69, 9.17) is 5.73 Å². The average Bonchev–Trinajstić information content (AvgIpc) is 2.85. The molecule has 1 amide bonds. The Morgan fingerprint density at radius 2 is 2.10 bits per heavy atom. The summed E-state index contributed by atoms with van der Waals surface area (Å²) in [7, 11) is 1.33. The van der Waals surface area contributed by atoms with Gasteiger partial charge in [0.25, 0.3) is 0 Å². The second-order valence-electron chi connectivity index (χ2n) is 4.83. The Morgan fingerprint density at radius 3 is 2.70 bits per heavy atom. The quantitative estimate of drug-likeness (QED) is 0.836. The summed E-state index contributed by atoms with van der Waals surface area (Å²) in [6, 6.07) is 6.84. The van der Waals surface area contributed by atoms with Crippen LogP contribution in [0.3, 0.4) is 0 Å². The number of hydrogen-bond donors (Lipinski definition) is 2. The fourth-order valence-corrected chi connectivity index (χ4v) is 2.34. The first-order valence-electron chi connectivity index (χ1n) is 6.35. The van der Waals surface area contributed by atoms with Crippen molar-refractivity contribution in [2.45, 2.75) is 25.3 Å². The maximum absolute atomic E-state index is 12.0. The minimum Gasteiger partial charge on any atom is -0.465 e. The minimum atomic E-state index is -0.418. The van der Waals surface area contributed by atoms with Crippen molar-refractivity contribution in [2.24, 2.45) is 11.7 Å². The summed E-state index contributed by atoms with van der Waals surface area (Å²) in [5.41, 5.74) is 6.82. The molecule has 0 aliphatic heterocycles. The molecule has 1 fully saturated rings. The monoisotopic (exact) mass is 298 g/mol. The summed E-state index contributed by atoms with van der Waals surface area (Å²) in [6.07, 6.45) is 2.44. The molecule has 0 aromatic heterocycles. The molecule has 0 spiro atoms. The molecule has 5 nitrogen and oxygen atoms in total. The average molecular weight is 299 g/mol. The van der Waals surface area contributed by atoms with Gasteiger partial charge in [0.2, 0.25) is 5.91 Å². The molecule has 0 heterocycles. The molecule has 2 rings (SSSR count). The number of ether oxygens (including phenoxy) is 1. The zero-order chi connectivity index (χ0) is 13.8. The van der Waals surface area contributed by atoms with E-state index in [1.54, 1.807) is 24.3 Å². The van der Waals surface area contributed by atoms with Crippen LogP contribution in [-0.2, 0) is 9.53 Å². The van der Waals surface area contributed by atoms with Crippen LogP contribution in [0.1, 0.15) is 29.6 Å². The first-order valence-corrected chi connectivity index (χ1v) is 6.35. The van der Waals surface area contributed by atoms with Crippen molar-refractivity contribution >= 4 is 30.0 Å². The van der Waals surface area contributed by atoms with Gasteiger partial charge in [-0.25, -0.2) is 4.79 Å². The van der Waals surface area contributed by atoms with Gasteiger partial charge in [-0.3, -0.25) is 4.79 Å². The third-order valence-electron chi connectivity index (χ3n) is 3.40. The van der Waals surface area contributed by atoms with E-state index in [2.05, 4.69) is 10.1 Å². The Bertz CT molecular complexity index is 493. The number of nitrogens with one attached hydrogen (secondary N) is 1. The Morgan fingerprint density at radius 1 is 1.35 bits per heavy atom. The maximum atomic E-state index is 12.0. The summed E-state index contributed by atoms with van der Waals surface area (Å²) < 4.78 is 4.64. The SMILES string of the molecule is COC(=O)c1cccc(NC(=O)C2CCC(N)C2)c1.Cl. The number of anilines is 1. The van der Waals surface area contributed by atoms with Crippen molar-refractivity contribution < 1.29 is 14.3 Å². The molecule has 3 N–H and O–H groups in total. The van der Waals surface area contributed by atoms with Crippen LogP contribution < -0.4 is 11.1 Å². The molecule has 0 radical (unpaired) electrons. The number of nitrogens with two attached hydrogens (primary N) is 1. The zero-order valence-electron chi connectivity index (χ0n) is 11.3. The van der Waals surface area contributed by atoms with Gasteiger partial charge in [0.15, 0.2) is 0 Å². The molecule has 1 aromatic carbocycles. The number of carbonyl (C=O) groups excluding carboxylic acids is 2. The molecule has 2 unspecified atom stereocenters. The lowest BCUT2D eigenvalue weighted by atomic mass is 10.1. The number of rotatable bonds is 3. The lowest BCUT2D eigenvalue weighted by Crippen LogP contribution is -2.23. The number of benzene rings is 1. The lowest BCUT2D eigenvalue weighted by molar-refractivity contribution is -0.119. The van der Waals surface area contributed by atoms with Gasteiger partial charge < -0.3 is 15.8 Å². The zero-order valence-corrected chi connectivity index (χ0v) is 12.1. The number of halogens is 1. The van der Waals surface area contributed by atoms with E-state index in [1.165, 1.54) is 7.11 Å². The number of carbonyl (C=O) groups is 2. The normalized spacial score (nSPS) is 20.9. The molecule has 20 heavy (non-hydrogen) atoms. The van der Waals surface area contributed by atoms with E-state index in [-0.39, 0.29) is 30.3 Å². The van der Waals surface area contributed by atoms with Gasteiger partial charge in [-0.15, -0.1) is 12.4 Å². The van der Waals surface area contributed by atoms with Gasteiger partial charge in [-0.1, -0.05) is 6.07 Å². The fraction of sp³-hybridized carbons (Fsp3) is 0.429. The summed E-state index contributed by atoms with van der Waals surface area (Å²) in [6.45, 7) is 0. The van der Waals surface area contributed by atoms with Crippen LogP contribution in [0.2, 0.25) is 0 Å². The molecule has 0 saturated heterocycles. The van der Waals surface area contributed by atoms with Crippen molar-refractivity contribution in [2.75, 3.05) is 12.4 Å². The van der Waals surface area contributed by atoms with Crippen LogP contribution >= 0.6 is 12.4 Å². The predicted octanol–water partition coefficient (Wildman–Crippen LogP) is 1.96. The van der Waals surface area contributed by atoms with E-state index in [0.717, 1.165) is 19.3 Å². The highest BCUT2D eigenvalue weighted by Crippen LogP contribution is 2.25. The third kappa shape index (κ3) is 3.95. The molecule has 6 heteroatoms. The Balaban J connectivity index is 0.00000200. The molecule has 0 bridgehead atoms. The molecule has 1 aliphatic rings. The first-order chi connectivity index (χ1) is 9.10. The van der Waals surface area contributed by atoms with Gasteiger partial charge in [-0.2, -0.15) is 0 Å².